The molecule has 1 amide bonds. The zero-order valence-corrected chi connectivity index (χ0v) is 19.1. The first-order valence-corrected chi connectivity index (χ1v) is 11.8. The van der Waals surface area contributed by atoms with Gasteiger partial charge in [0, 0.05) is 31.2 Å². The number of ether oxygens (including phenoxy) is 1. The largest absolute Gasteiger partial charge is 0.485 e. The Morgan fingerprint density at radius 3 is 2.47 bits per heavy atom. The number of benzene rings is 2. The van der Waals surface area contributed by atoms with Gasteiger partial charge in [0.25, 0.3) is 15.9 Å². The van der Waals surface area contributed by atoms with Crippen molar-refractivity contribution in [2.24, 2.45) is 0 Å². The number of amides is 1. The molecule has 8 nitrogen and oxygen atoms in total. The van der Waals surface area contributed by atoms with Crippen LogP contribution in [0.5, 0.6) is 5.75 Å². The van der Waals surface area contributed by atoms with E-state index in [-0.39, 0.29) is 22.9 Å². The van der Waals surface area contributed by atoms with Crippen molar-refractivity contribution < 1.29 is 17.9 Å². The Labute approximate surface area is 197 Å². The summed E-state index contributed by atoms with van der Waals surface area (Å²) in [6.45, 7) is 0.274. The molecule has 1 N–H and O–H groups in total. The van der Waals surface area contributed by atoms with Crippen molar-refractivity contribution in [1.82, 2.24) is 9.97 Å². The third-order valence-electron chi connectivity index (χ3n) is 5.02. The summed E-state index contributed by atoms with van der Waals surface area (Å²) in [5, 5.41) is 2.71. The normalized spacial score (nSPS) is 11.0. The number of hydrogen-bond donors (Lipinski definition) is 1. The second-order valence-corrected chi connectivity index (χ2v) is 9.25. The molecule has 0 spiro atoms. The fraction of sp³-hybridized carbons (Fsp3) is 0.0800. The molecule has 2 heterocycles. The zero-order valence-electron chi connectivity index (χ0n) is 18.3. The summed E-state index contributed by atoms with van der Waals surface area (Å²) < 4.78 is 33.2. The van der Waals surface area contributed by atoms with Crippen LogP contribution >= 0.6 is 0 Å². The third-order valence-corrected chi connectivity index (χ3v) is 6.80. The number of nitrogens with one attached hydrogen (secondary N) is 1. The van der Waals surface area contributed by atoms with Crippen LogP contribution in [0.4, 0.5) is 11.5 Å². The maximum atomic E-state index is 13.1. The Bertz CT molecular complexity index is 1380. The number of carbonyl (C=O) groups is 1. The molecule has 4 rings (SSSR count). The Balaban J connectivity index is 1.52. The molecule has 2 aromatic heterocycles. The highest BCUT2D eigenvalue weighted by Gasteiger charge is 2.22. The average molecular weight is 475 g/mol. The Morgan fingerprint density at radius 1 is 0.941 bits per heavy atom. The third kappa shape index (κ3) is 5.21. The van der Waals surface area contributed by atoms with E-state index < -0.39 is 15.9 Å². The molecule has 0 saturated heterocycles. The fourth-order valence-corrected chi connectivity index (χ4v) is 4.40. The molecule has 0 unspecified atom stereocenters. The lowest BCUT2D eigenvalue weighted by molar-refractivity contribution is 0.102. The van der Waals surface area contributed by atoms with Gasteiger partial charge in [-0.2, -0.15) is 0 Å². The summed E-state index contributed by atoms with van der Waals surface area (Å²) in [7, 11) is -2.39. The molecule has 34 heavy (non-hydrogen) atoms. The van der Waals surface area contributed by atoms with Gasteiger partial charge in [-0.15, -0.1) is 0 Å². The molecule has 2 aromatic carbocycles. The first-order valence-electron chi connectivity index (χ1n) is 10.4. The number of carbonyl (C=O) groups excluding carboxylic acids is 1. The summed E-state index contributed by atoms with van der Waals surface area (Å²) in [6.07, 6.45) is 4.87. The van der Waals surface area contributed by atoms with Gasteiger partial charge in [0.2, 0.25) is 0 Å². The van der Waals surface area contributed by atoms with Gasteiger partial charge < -0.3 is 10.1 Å². The molecule has 172 valence electrons. The van der Waals surface area contributed by atoms with E-state index in [0.29, 0.717) is 11.4 Å². The van der Waals surface area contributed by atoms with Gasteiger partial charge in [-0.05, 0) is 60.2 Å². The van der Waals surface area contributed by atoms with E-state index in [0.717, 1.165) is 5.56 Å². The smallest absolute Gasteiger partial charge is 0.264 e. The van der Waals surface area contributed by atoms with Crippen molar-refractivity contribution in [3.8, 4) is 5.75 Å². The minimum absolute atomic E-state index is 0.00156. The topological polar surface area (TPSA) is 101 Å². The quantitative estimate of drug-likeness (QED) is 0.412. The number of pyridine rings is 2. The van der Waals surface area contributed by atoms with E-state index in [1.165, 1.54) is 41.8 Å². The van der Waals surface area contributed by atoms with Gasteiger partial charge in [-0.3, -0.25) is 14.1 Å². The van der Waals surface area contributed by atoms with Crippen LogP contribution in [0.25, 0.3) is 0 Å². The van der Waals surface area contributed by atoms with E-state index in [9.17, 15) is 13.2 Å². The molecule has 4 aromatic rings. The van der Waals surface area contributed by atoms with Crippen molar-refractivity contribution >= 4 is 27.4 Å². The van der Waals surface area contributed by atoms with Crippen molar-refractivity contribution in [3.63, 3.8) is 0 Å². The van der Waals surface area contributed by atoms with Crippen LogP contribution in [-0.4, -0.2) is 31.3 Å². The summed E-state index contributed by atoms with van der Waals surface area (Å²) in [5.74, 6) is 0.114. The lowest BCUT2D eigenvalue weighted by Gasteiger charge is -2.19. The van der Waals surface area contributed by atoms with Crippen LogP contribution in [0.15, 0.2) is 102 Å². The standard InChI is InChI=1S/C25H22N4O4S/c1-29(21-8-3-2-4-9-21)34(31,32)22-10-5-7-20(17-22)25(30)28-24-23(11-6-14-27-24)33-18-19-12-15-26-16-13-19/h2-17H,18H2,1H3,(H,27,28,30). The van der Waals surface area contributed by atoms with E-state index in [2.05, 4.69) is 15.3 Å². The molecule has 9 heteroatoms. The van der Waals surface area contributed by atoms with Gasteiger partial charge >= 0.3 is 0 Å². The predicted molar refractivity (Wildman–Crippen MR) is 129 cm³/mol. The van der Waals surface area contributed by atoms with E-state index >= 15 is 0 Å². The number of para-hydroxylation sites is 1. The van der Waals surface area contributed by atoms with E-state index in [4.69, 9.17) is 4.74 Å². The number of nitrogens with zero attached hydrogens (tertiary/aromatic N) is 3. The van der Waals surface area contributed by atoms with Crippen molar-refractivity contribution in [2.75, 3.05) is 16.7 Å². The van der Waals surface area contributed by atoms with Crippen molar-refractivity contribution in [3.05, 3.63) is 109 Å². The highest BCUT2D eigenvalue weighted by atomic mass is 32.2. The first kappa shape index (κ1) is 22.9. The fourth-order valence-electron chi connectivity index (χ4n) is 3.15. The monoisotopic (exact) mass is 474 g/mol. The lowest BCUT2D eigenvalue weighted by Crippen LogP contribution is -2.26. The lowest BCUT2D eigenvalue weighted by atomic mass is 10.2. The second kappa shape index (κ2) is 10.1. The SMILES string of the molecule is CN(c1ccccc1)S(=O)(=O)c1cccc(C(=O)Nc2ncccc2OCc2ccncc2)c1. The highest BCUT2D eigenvalue weighted by molar-refractivity contribution is 7.92. The van der Waals surface area contributed by atoms with Crippen LogP contribution in [0.1, 0.15) is 15.9 Å². The summed E-state index contributed by atoms with van der Waals surface area (Å²) >= 11 is 0. The van der Waals surface area contributed by atoms with Crippen LogP contribution in [0.2, 0.25) is 0 Å². The molecular formula is C25H22N4O4S. The van der Waals surface area contributed by atoms with Crippen LogP contribution in [-0.2, 0) is 16.6 Å². The molecule has 0 aliphatic heterocycles. The molecule has 0 saturated carbocycles. The van der Waals surface area contributed by atoms with Crippen LogP contribution in [0, 0.1) is 0 Å². The van der Waals surface area contributed by atoms with Gasteiger partial charge in [-0.1, -0.05) is 24.3 Å². The van der Waals surface area contributed by atoms with Crippen LogP contribution < -0.4 is 14.4 Å². The molecule has 0 atom stereocenters. The highest BCUT2D eigenvalue weighted by Crippen LogP contribution is 2.25. The number of sulfonamides is 1. The number of aromatic nitrogens is 2. The molecule has 0 aliphatic carbocycles. The van der Waals surface area contributed by atoms with E-state index in [1.807, 2.05) is 18.2 Å². The second-order valence-electron chi connectivity index (χ2n) is 7.28. The number of rotatable bonds is 8. The van der Waals surface area contributed by atoms with Gasteiger partial charge in [0.15, 0.2) is 11.6 Å². The first-order chi connectivity index (χ1) is 16.4. The van der Waals surface area contributed by atoms with Crippen LogP contribution in [0.3, 0.4) is 0 Å². The summed E-state index contributed by atoms with van der Waals surface area (Å²) in [4.78, 5) is 21.1. The average Bonchev–Trinajstić information content (AvgIpc) is 2.89. The molecular weight excluding hydrogens is 452 g/mol. The van der Waals surface area contributed by atoms with Gasteiger partial charge in [-0.25, -0.2) is 13.4 Å². The molecule has 0 radical (unpaired) electrons. The van der Waals surface area contributed by atoms with Crippen molar-refractivity contribution in [2.45, 2.75) is 11.5 Å². The van der Waals surface area contributed by atoms with Crippen molar-refractivity contribution in [1.29, 1.82) is 0 Å². The Morgan fingerprint density at radius 2 is 1.71 bits per heavy atom. The van der Waals surface area contributed by atoms with Gasteiger partial charge in [0.1, 0.15) is 6.61 Å². The van der Waals surface area contributed by atoms with Gasteiger partial charge in [0.05, 0.1) is 10.6 Å². The maximum absolute atomic E-state index is 13.1. The number of hydrogen-bond acceptors (Lipinski definition) is 6. The zero-order chi connectivity index (χ0) is 24.0. The Kier molecular flexibility index (Phi) is 6.84. The number of anilines is 2. The summed E-state index contributed by atoms with van der Waals surface area (Å²) in [6, 6.07) is 21.6. The van der Waals surface area contributed by atoms with E-state index in [1.54, 1.807) is 48.8 Å². The minimum Gasteiger partial charge on any atom is -0.485 e. The summed E-state index contributed by atoms with van der Waals surface area (Å²) in [5.41, 5.74) is 1.60. The molecule has 0 fully saturated rings. The Hall–Kier alpha value is -4.24. The minimum atomic E-state index is -3.86. The molecule has 0 aliphatic rings. The molecule has 0 bridgehead atoms. The maximum Gasteiger partial charge on any atom is 0.264 e. The predicted octanol–water partition coefficient (Wildman–Crippen LogP) is 4.13.